The molecule has 1 aliphatic carbocycles. The summed E-state index contributed by atoms with van der Waals surface area (Å²) in [7, 11) is 2.40. The summed E-state index contributed by atoms with van der Waals surface area (Å²) in [5.74, 6) is 0.976. The van der Waals surface area contributed by atoms with Crippen LogP contribution < -0.4 is 5.32 Å². The van der Waals surface area contributed by atoms with Crippen molar-refractivity contribution in [3.05, 3.63) is 0 Å². The molecule has 2 unspecified atom stereocenters. The molecule has 0 radical (unpaired) electrons. The first-order chi connectivity index (χ1) is 8.22. The van der Waals surface area contributed by atoms with Gasteiger partial charge in [-0.05, 0) is 64.3 Å². The number of piperidine rings is 1. The number of hydrogen-bond acceptors (Lipinski definition) is 2. The molecule has 3 fully saturated rings. The van der Waals surface area contributed by atoms with Crippen molar-refractivity contribution in [1.82, 2.24) is 10.2 Å². The lowest BCUT2D eigenvalue weighted by atomic mass is 9.85. The minimum absolute atomic E-state index is 0.837. The first-order valence-electron chi connectivity index (χ1n) is 7.70. The molecule has 17 heavy (non-hydrogen) atoms. The highest BCUT2D eigenvalue weighted by Crippen LogP contribution is 2.33. The number of fused-ring (bicyclic) bond motifs is 2. The minimum Gasteiger partial charge on any atom is -0.311 e. The van der Waals surface area contributed by atoms with Gasteiger partial charge in [-0.25, -0.2) is 0 Å². The van der Waals surface area contributed by atoms with Gasteiger partial charge in [0.15, 0.2) is 0 Å². The second kappa shape index (κ2) is 4.89. The van der Waals surface area contributed by atoms with Gasteiger partial charge < -0.3 is 10.2 Å². The number of nitrogens with one attached hydrogen (secondary N) is 1. The van der Waals surface area contributed by atoms with Crippen molar-refractivity contribution < 1.29 is 0 Å². The van der Waals surface area contributed by atoms with Gasteiger partial charge in [-0.1, -0.05) is 6.92 Å². The molecule has 1 saturated carbocycles. The maximum Gasteiger partial charge on any atom is 0.0125 e. The highest BCUT2D eigenvalue weighted by atomic mass is 15.2. The fraction of sp³-hybridized carbons (Fsp3) is 1.00. The molecule has 2 saturated heterocycles. The van der Waals surface area contributed by atoms with Crippen molar-refractivity contribution in [3.8, 4) is 0 Å². The van der Waals surface area contributed by atoms with Crippen molar-refractivity contribution in [2.75, 3.05) is 7.05 Å². The molecule has 2 heteroatoms. The predicted octanol–water partition coefficient (Wildman–Crippen LogP) is 2.78. The lowest BCUT2D eigenvalue weighted by Crippen LogP contribution is -2.50. The van der Waals surface area contributed by atoms with E-state index in [1.54, 1.807) is 0 Å². The van der Waals surface area contributed by atoms with Crippen LogP contribution in [0.5, 0.6) is 0 Å². The van der Waals surface area contributed by atoms with Crippen molar-refractivity contribution in [3.63, 3.8) is 0 Å². The Balaban J connectivity index is 1.56. The van der Waals surface area contributed by atoms with Crippen LogP contribution in [0, 0.1) is 5.92 Å². The van der Waals surface area contributed by atoms with Gasteiger partial charge in [0.05, 0.1) is 0 Å². The summed E-state index contributed by atoms with van der Waals surface area (Å²) < 4.78 is 0. The third-order valence-corrected chi connectivity index (χ3v) is 5.59. The molecular weight excluding hydrogens is 208 g/mol. The van der Waals surface area contributed by atoms with E-state index >= 15 is 0 Å². The zero-order valence-electron chi connectivity index (χ0n) is 11.5. The van der Waals surface area contributed by atoms with Crippen LogP contribution in [0.1, 0.15) is 58.3 Å². The summed E-state index contributed by atoms with van der Waals surface area (Å²) in [6.07, 6.45) is 11.4. The van der Waals surface area contributed by atoms with Crippen LogP contribution in [-0.4, -0.2) is 36.1 Å². The van der Waals surface area contributed by atoms with E-state index in [9.17, 15) is 0 Å². The average molecular weight is 236 g/mol. The zero-order chi connectivity index (χ0) is 11.8. The molecule has 2 aliphatic heterocycles. The van der Waals surface area contributed by atoms with Gasteiger partial charge in [0.25, 0.3) is 0 Å². The molecule has 3 rings (SSSR count). The quantitative estimate of drug-likeness (QED) is 0.793. The fourth-order valence-electron chi connectivity index (χ4n) is 4.31. The van der Waals surface area contributed by atoms with Crippen LogP contribution in [-0.2, 0) is 0 Å². The second-order valence-electron chi connectivity index (χ2n) is 6.84. The molecule has 0 aromatic rings. The lowest BCUT2D eigenvalue weighted by molar-refractivity contribution is 0.0916. The topological polar surface area (TPSA) is 15.3 Å². The van der Waals surface area contributed by atoms with Crippen LogP contribution in [0.25, 0.3) is 0 Å². The second-order valence-corrected chi connectivity index (χ2v) is 6.84. The fourth-order valence-corrected chi connectivity index (χ4v) is 4.31. The zero-order valence-corrected chi connectivity index (χ0v) is 11.5. The van der Waals surface area contributed by atoms with Gasteiger partial charge in [-0.15, -0.1) is 0 Å². The van der Waals surface area contributed by atoms with Gasteiger partial charge >= 0.3 is 0 Å². The first-order valence-corrected chi connectivity index (χ1v) is 7.70. The van der Waals surface area contributed by atoms with E-state index in [0.29, 0.717) is 0 Å². The Labute approximate surface area is 106 Å². The molecule has 0 aromatic heterocycles. The maximum absolute atomic E-state index is 3.76. The molecule has 3 aliphatic rings. The molecule has 0 spiro atoms. The molecule has 0 aromatic carbocycles. The Morgan fingerprint density at radius 1 is 0.824 bits per heavy atom. The Kier molecular flexibility index (Phi) is 3.45. The molecule has 1 N–H and O–H groups in total. The lowest BCUT2D eigenvalue weighted by Gasteiger charge is -2.42. The van der Waals surface area contributed by atoms with Crippen LogP contribution in [0.3, 0.4) is 0 Å². The Morgan fingerprint density at radius 2 is 1.41 bits per heavy atom. The van der Waals surface area contributed by atoms with E-state index in [4.69, 9.17) is 0 Å². The molecule has 98 valence electrons. The summed E-state index contributed by atoms with van der Waals surface area (Å²) in [4.78, 5) is 2.75. The van der Waals surface area contributed by atoms with Crippen LogP contribution in [0.15, 0.2) is 0 Å². The Hall–Kier alpha value is -0.0800. The number of nitrogens with zero attached hydrogens (tertiary/aromatic N) is 1. The monoisotopic (exact) mass is 236 g/mol. The molecule has 0 amide bonds. The summed E-state index contributed by atoms with van der Waals surface area (Å²) >= 11 is 0. The largest absolute Gasteiger partial charge is 0.311 e. The van der Waals surface area contributed by atoms with Crippen LogP contribution >= 0.6 is 0 Å². The van der Waals surface area contributed by atoms with Crippen molar-refractivity contribution in [2.24, 2.45) is 5.92 Å². The molecule has 2 bridgehead atoms. The highest BCUT2D eigenvalue weighted by molar-refractivity contribution is 4.96. The summed E-state index contributed by atoms with van der Waals surface area (Å²) in [6.45, 7) is 2.42. The van der Waals surface area contributed by atoms with Gasteiger partial charge in [0.2, 0.25) is 0 Å². The van der Waals surface area contributed by atoms with Crippen molar-refractivity contribution in [1.29, 1.82) is 0 Å². The molecule has 2 atom stereocenters. The van der Waals surface area contributed by atoms with Crippen LogP contribution in [0.4, 0.5) is 0 Å². The standard InChI is InChI=1S/C15H28N2/c1-11-3-7-14(8-4-11)17(2)15-9-12-5-6-13(10-15)16-12/h11-16H,3-10H2,1-2H3. The van der Waals surface area contributed by atoms with Gasteiger partial charge in [0, 0.05) is 24.2 Å². The number of hydrogen-bond donors (Lipinski definition) is 1. The normalized spacial score (nSPS) is 46.4. The van der Waals surface area contributed by atoms with E-state index in [1.807, 2.05) is 0 Å². The van der Waals surface area contributed by atoms with Gasteiger partial charge in [-0.3, -0.25) is 0 Å². The summed E-state index contributed by atoms with van der Waals surface area (Å²) in [6, 6.07) is 3.42. The predicted molar refractivity (Wildman–Crippen MR) is 72.2 cm³/mol. The molecule has 2 nitrogen and oxygen atoms in total. The maximum atomic E-state index is 3.76. The smallest absolute Gasteiger partial charge is 0.0125 e. The highest BCUT2D eigenvalue weighted by Gasteiger charge is 2.37. The van der Waals surface area contributed by atoms with E-state index in [0.717, 1.165) is 30.1 Å². The first kappa shape index (κ1) is 12.0. The minimum atomic E-state index is 0.837. The Bertz CT molecular complexity index is 246. The van der Waals surface area contributed by atoms with Crippen molar-refractivity contribution in [2.45, 2.75) is 82.5 Å². The van der Waals surface area contributed by atoms with E-state index < -0.39 is 0 Å². The number of rotatable bonds is 2. The third kappa shape index (κ3) is 2.53. The van der Waals surface area contributed by atoms with E-state index in [-0.39, 0.29) is 0 Å². The van der Waals surface area contributed by atoms with Gasteiger partial charge in [-0.2, -0.15) is 0 Å². The Morgan fingerprint density at radius 3 is 2.00 bits per heavy atom. The third-order valence-electron chi connectivity index (χ3n) is 5.59. The molecular formula is C15H28N2. The summed E-state index contributed by atoms with van der Waals surface area (Å²) in [5.41, 5.74) is 0. The SMILES string of the molecule is CC1CCC(N(C)C2CC3CCC(C2)N3)CC1. The van der Waals surface area contributed by atoms with Crippen molar-refractivity contribution >= 4 is 0 Å². The van der Waals surface area contributed by atoms with E-state index in [1.165, 1.54) is 51.4 Å². The average Bonchev–Trinajstić information content (AvgIpc) is 2.68. The van der Waals surface area contributed by atoms with Gasteiger partial charge in [0.1, 0.15) is 0 Å². The summed E-state index contributed by atoms with van der Waals surface area (Å²) in [5, 5.41) is 3.76. The van der Waals surface area contributed by atoms with E-state index in [2.05, 4.69) is 24.2 Å². The van der Waals surface area contributed by atoms with Crippen LogP contribution in [0.2, 0.25) is 0 Å². The molecule has 2 heterocycles.